The molecule has 146 valence electrons. The quantitative estimate of drug-likeness (QED) is 0.562. The van der Waals surface area contributed by atoms with Crippen LogP contribution in [0.4, 0.5) is 6.01 Å². The van der Waals surface area contributed by atoms with Gasteiger partial charge in [0.1, 0.15) is 17.9 Å². The van der Waals surface area contributed by atoms with Crippen molar-refractivity contribution in [3.63, 3.8) is 0 Å². The molecule has 0 saturated heterocycles. The van der Waals surface area contributed by atoms with Crippen molar-refractivity contribution in [3.05, 3.63) is 66.2 Å². The second-order valence-electron chi connectivity index (χ2n) is 6.55. The average Bonchev–Trinajstić information content (AvgIpc) is 3.13. The van der Waals surface area contributed by atoms with Crippen molar-refractivity contribution in [1.82, 2.24) is 4.98 Å². The van der Waals surface area contributed by atoms with Gasteiger partial charge in [0.25, 0.3) is 6.01 Å². The maximum Gasteiger partial charge on any atom is 0.310 e. The Bertz CT molecular complexity index is 914. The Labute approximate surface area is 164 Å². The van der Waals surface area contributed by atoms with Gasteiger partial charge >= 0.3 is 5.97 Å². The van der Waals surface area contributed by atoms with Crippen molar-refractivity contribution in [3.8, 4) is 5.75 Å². The van der Waals surface area contributed by atoms with Crippen molar-refractivity contribution in [2.75, 3.05) is 25.1 Å². The standard InChI is InChI=1S/C22H24N2O4/c1-3-6-17(21(25)26)15-16-9-11-18(12-10-16)27-14-13-24(2)22-23-19-7-4-5-8-20(19)28-22/h3-12,17H,13-15H2,1-2H3,(H,25,26). The van der Waals surface area contributed by atoms with Crippen LogP contribution in [0.5, 0.6) is 5.75 Å². The summed E-state index contributed by atoms with van der Waals surface area (Å²) in [6.45, 7) is 2.92. The number of oxazole rings is 1. The van der Waals surface area contributed by atoms with Crippen LogP contribution in [0.1, 0.15) is 12.5 Å². The van der Waals surface area contributed by atoms with E-state index in [2.05, 4.69) is 4.98 Å². The highest BCUT2D eigenvalue weighted by atomic mass is 16.5. The number of likely N-dealkylation sites (N-methyl/N-ethyl adjacent to an activating group) is 1. The maximum atomic E-state index is 11.2. The first-order chi connectivity index (χ1) is 13.6. The normalized spacial score (nSPS) is 12.4. The van der Waals surface area contributed by atoms with E-state index in [0.717, 1.165) is 22.4 Å². The summed E-state index contributed by atoms with van der Waals surface area (Å²) >= 11 is 0. The fourth-order valence-electron chi connectivity index (χ4n) is 2.87. The lowest BCUT2D eigenvalue weighted by molar-refractivity contribution is -0.140. The van der Waals surface area contributed by atoms with Gasteiger partial charge in [0, 0.05) is 7.05 Å². The van der Waals surface area contributed by atoms with E-state index in [1.165, 1.54) is 0 Å². The zero-order chi connectivity index (χ0) is 19.9. The molecule has 0 spiro atoms. The van der Waals surface area contributed by atoms with Crippen molar-refractivity contribution in [1.29, 1.82) is 0 Å². The Morgan fingerprint density at radius 1 is 1.25 bits per heavy atom. The molecule has 1 atom stereocenters. The lowest BCUT2D eigenvalue weighted by Crippen LogP contribution is -2.23. The number of anilines is 1. The van der Waals surface area contributed by atoms with Crippen LogP contribution in [0.25, 0.3) is 11.1 Å². The first-order valence-electron chi connectivity index (χ1n) is 9.21. The molecule has 0 amide bonds. The molecule has 3 aromatic rings. The lowest BCUT2D eigenvalue weighted by atomic mass is 9.99. The van der Waals surface area contributed by atoms with Crippen molar-refractivity contribution >= 4 is 23.1 Å². The van der Waals surface area contributed by atoms with Gasteiger partial charge in [-0.2, -0.15) is 4.98 Å². The van der Waals surface area contributed by atoms with E-state index >= 15 is 0 Å². The lowest BCUT2D eigenvalue weighted by Gasteiger charge is -2.15. The molecule has 0 radical (unpaired) electrons. The Hall–Kier alpha value is -3.28. The van der Waals surface area contributed by atoms with Gasteiger partial charge < -0.3 is 19.2 Å². The molecule has 0 aliphatic carbocycles. The molecule has 6 nitrogen and oxygen atoms in total. The predicted molar refractivity (Wildman–Crippen MR) is 109 cm³/mol. The molecule has 0 aliphatic rings. The predicted octanol–water partition coefficient (Wildman–Crippen LogP) is 4.16. The van der Waals surface area contributed by atoms with E-state index in [0.29, 0.717) is 25.6 Å². The molecule has 28 heavy (non-hydrogen) atoms. The molecule has 0 bridgehead atoms. The zero-order valence-electron chi connectivity index (χ0n) is 16.0. The van der Waals surface area contributed by atoms with E-state index in [4.69, 9.17) is 9.15 Å². The largest absolute Gasteiger partial charge is 0.492 e. The van der Waals surface area contributed by atoms with Crippen LogP contribution in [0.3, 0.4) is 0 Å². The number of ether oxygens (including phenoxy) is 1. The van der Waals surface area contributed by atoms with Crippen LogP contribution in [0.15, 0.2) is 65.1 Å². The minimum absolute atomic E-state index is 0.459. The van der Waals surface area contributed by atoms with Gasteiger partial charge in [0.2, 0.25) is 0 Å². The number of fused-ring (bicyclic) bond motifs is 1. The van der Waals surface area contributed by atoms with Gasteiger partial charge in [0.05, 0.1) is 12.5 Å². The summed E-state index contributed by atoms with van der Waals surface area (Å²) in [5.74, 6) is -0.588. The number of carbonyl (C=O) groups is 1. The molecular formula is C22H24N2O4. The molecule has 1 aromatic heterocycles. The Morgan fingerprint density at radius 2 is 2.00 bits per heavy atom. The number of aliphatic carboxylic acids is 1. The van der Waals surface area contributed by atoms with Crippen molar-refractivity contribution < 1.29 is 19.1 Å². The van der Waals surface area contributed by atoms with Crippen LogP contribution in [-0.4, -0.2) is 36.3 Å². The molecule has 1 unspecified atom stereocenters. The van der Waals surface area contributed by atoms with E-state index in [-0.39, 0.29) is 0 Å². The molecule has 6 heteroatoms. The first kappa shape index (κ1) is 19.5. The second-order valence-corrected chi connectivity index (χ2v) is 6.55. The minimum Gasteiger partial charge on any atom is -0.492 e. The minimum atomic E-state index is -0.819. The third kappa shape index (κ3) is 4.91. The van der Waals surface area contributed by atoms with Crippen LogP contribution in [-0.2, 0) is 11.2 Å². The second kappa shape index (κ2) is 9.08. The maximum absolute atomic E-state index is 11.2. The number of para-hydroxylation sites is 2. The number of allylic oxidation sites excluding steroid dienone is 1. The van der Waals surface area contributed by atoms with E-state index in [9.17, 15) is 9.90 Å². The first-order valence-corrected chi connectivity index (χ1v) is 9.21. The molecule has 0 fully saturated rings. The summed E-state index contributed by atoms with van der Waals surface area (Å²) in [6.07, 6.45) is 3.93. The van der Waals surface area contributed by atoms with E-state index in [1.54, 1.807) is 12.2 Å². The molecule has 3 rings (SSSR count). The molecule has 0 saturated carbocycles. The highest BCUT2D eigenvalue weighted by Gasteiger charge is 2.14. The number of benzene rings is 2. The Balaban J connectivity index is 1.51. The summed E-state index contributed by atoms with van der Waals surface area (Å²) < 4.78 is 11.5. The van der Waals surface area contributed by atoms with Crippen molar-refractivity contribution in [2.45, 2.75) is 13.3 Å². The van der Waals surface area contributed by atoms with Gasteiger partial charge in [-0.25, -0.2) is 0 Å². The van der Waals surface area contributed by atoms with E-state index in [1.807, 2.05) is 67.4 Å². The van der Waals surface area contributed by atoms with E-state index < -0.39 is 11.9 Å². The Kier molecular flexibility index (Phi) is 6.32. The summed E-state index contributed by atoms with van der Waals surface area (Å²) in [4.78, 5) is 17.6. The van der Waals surface area contributed by atoms with Gasteiger partial charge in [-0.3, -0.25) is 4.79 Å². The SMILES string of the molecule is CC=CC(Cc1ccc(OCCN(C)c2nc3ccccc3o2)cc1)C(=O)O. The third-order valence-electron chi connectivity index (χ3n) is 4.43. The van der Waals surface area contributed by atoms with Crippen LogP contribution >= 0.6 is 0 Å². The van der Waals surface area contributed by atoms with Gasteiger partial charge in [-0.1, -0.05) is 36.4 Å². The summed E-state index contributed by atoms with van der Waals surface area (Å²) in [5, 5.41) is 9.24. The molecule has 0 aliphatic heterocycles. The molecule has 1 heterocycles. The number of carboxylic acids is 1. The number of nitrogens with zero attached hydrogens (tertiary/aromatic N) is 2. The number of hydrogen-bond donors (Lipinski definition) is 1. The molecular weight excluding hydrogens is 356 g/mol. The molecule has 1 N–H and O–H groups in total. The topological polar surface area (TPSA) is 75.8 Å². The van der Waals surface area contributed by atoms with Gasteiger partial charge in [-0.15, -0.1) is 0 Å². The molecule has 2 aromatic carbocycles. The summed E-state index contributed by atoms with van der Waals surface area (Å²) in [7, 11) is 1.91. The summed E-state index contributed by atoms with van der Waals surface area (Å²) in [6, 6.07) is 15.7. The monoisotopic (exact) mass is 380 g/mol. The fraction of sp³-hybridized carbons (Fsp3) is 0.273. The van der Waals surface area contributed by atoms with Gasteiger partial charge in [0.15, 0.2) is 5.58 Å². The number of rotatable bonds is 9. The average molecular weight is 380 g/mol. The number of carboxylic acid groups (broad SMARTS) is 1. The van der Waals surface area contributed by atoms with Gasteiger partial charge in [-0.05, 0) is 43.2 Å². The van der Waals surface area contributed by atoms with Crippen LogP contribution in [0.2, 0.25) is 0 Å². The number of aromatic nitrogens is 1. The van der Waals surface area contributed by atoms with Crippen LogP contribution in [0, 0.1) is 5.92 Å². The summed E-state index contributed by atoms with van der Waals surface area (Å²) in [5.41, 5.74) is 2.55. The fourth-order valence-corrected chi connectivity index (χ4v) is 2.87. The Morgan fingerprint density at radius 3 is 2.68 bits per heavy atom. The zero-order valence-corrected chi connectivity index (χ0v) is 16.0. The smallest absolute Gasteiger partial charge is 0.310 e. The highest BCUT2D eigenvalue weighted by molar-refractivity contribution is 5.74. The van der Waals surface area contributed by atoms with Crippen LogP contribution < -0.4 is 9.64 Å². The third-order valence-corrected chi connectivity index (χ3v) is 4.43. The highest BCUT2D eigenvalue weighted by Crippen LogP contribution is 2.21. The number of hydrogen-bond acceptors (Lipinski definition) is 5. The van der Waals surface area contributed by atoms with Crippen molar-refractivity contribution in [2.24, 2.45) is 5.92 Å².